The molecule has 7 heteroatoms. The van der Waals surface area contributed by atoms with Crippen molar-refractivity contribution in [3.63, 3.8) is 0 Å². The third-order valence-corrected chi connectivity index (χ3v) is 5.20. The quantitative estimate of drug-likeness (QED) is 0.598. The summed E-state index contributed by atoms with van der Waals surface area (Å²) in [5.74, 6) is 1.43. The maximum atomic E-state index is 11.8. The molecular weight excluding hydrogens is 292 g/mol. The van der Waals surface area contributed by atoms with Crippen LogP contribution in [0.25, 0.3) is 0 Å². The summed E-state index contributed by atoms with van der Waals surface area (Å²) in [4.78, 5) is 6.76. The Kier molecular flexibility index (Phi) is 6.25. The van der Waals surface area contributed by atoms with Gasteiger partial charge in [0.25, 0.3) is 0 Å². The van der Waals surface area contributed by atoms with Gasteiger partial charge in [-0.25, -0.2) is 0 Å². The molecule has 112 valence electrons. The first kappa shape index (κ1) is 15.7. The standard InChI is InChI=1S/C13H22N4OS2/c1-3-4-10-20(18)16-11(2)12-14-13(15-19-12)17-8-6-5-7-9-17/h3-10H2,1-2H3. The highest BCUT2D eigenvalue weighted by atomic mass is 32.2. The van der Waals surface area contributed by atoms with Crippen LogP contribution in [0.15, 0.2) is 4.40 Å². The van der Waals surface area contributed by atoms with Gasteiger partial charge in [0, 0.05) is 13.1 Å². The molecule has 0 bridgehead atoms. The van der Waals surface area contributed by atoms with E-state index in [9.17, 15) is 4.55 Å². The van der Waals surface area contributed by atoms with Crippen LogP contribution in [0.3, 0.4) is 0 Å². The highest BCUT2D eigenvalue weighted by Gasteiger charge is 2.17. The number of anilines is 1. The lowest BCUT2D eigenvalue weighted by molar-refractivity contribution is 0.570. The van der Waals surface area contributed by atoms with Crippen molar-refractivity contribution in [2.45, 2.75) is 46.0 Å². The van der Waals surface area contributed by atoms with E-state index in [0.717, 1.165) is 42.6 Å². The maximum absolute atomic E-state index is 11.8. The van der Waals surface area contributed by atoms with Gasteiger partial charge in [0.05, 0.1) is 11.4 Å². The van der Waals surface area contributed by atoms with Crippen molar-refractivity contribution in [1.82, 2.24) is 9.36 Å². The third kappa shape index (κ3) is 4.43. The van der Waals surface area contributed by atoms with Gasteiger partial charge in [-0.3, -0.25) is 0 Å². The monoisotopic (exact) mass is 314 g/mol. The third-order valence-electron chi connectivity index (χ3n) is 3.27. The lowest BCUT2D eigenvalue weighted by Crippen LogP contribution is -2.30. The van der Waals surface area contributed by atoms with Crippen molar-refractivity contribution in [2.75, 3.05) is 23.7 Å². The Labute approximate surface area is 128 Å². The summed E-state index contributed by atoms with van der Waals surface area (Å²) in [5.41, 5.74) is 0.736. The van der Waals surface area contributed by atoms with Crippen molar-refractivity contribution in [3.8, 4) is 0 Å². The van der Waals surface area contributed by atoms with Crippen LogP contribution >= 0.6 is 11.5 Å². The number of nitrogens with zero attached hydrogens (tertiary/aromatic N) is 4. The molecule has 1 unspecified atom stereocenters. The van der Waals surface area contributed by atoms with Gasteiger partial charge in [0.1, 0.15) is 11.5 Å². The van der Waals surface area contributed by atoms with Crippen LogP contribution in [0.1, 0.15) is 51.0 Å². The number of aromatic nitrogens is 2. The Hall–Kier alpha value is -0.660. The smallest absolute Gasteiger partial charge is 0.237 e. The Bertz CT molecular complexity index is 443. The van der Waals surface area contributed by atoms with Gasteiger partial charge < -0.3 is 9.45 Å². The van der Waals surface area contributed by atoms with Crippen LogP contribution in [0.5, 0.6) is 0 Å². The van der Waals surface area contributed by atoms with Crippen molar-refractivity contribution in [1.29, 1.82) is 0 Å². The highest BCUT2D eigenvalue weighted by Crippen LogP contribution is 2.19. The summed E-state index contributed by atoms with van der Waals surface area (Å²) in [6.45, 7) is 6.03. The van der Waals surface area contributed by atoms with Crippen molar-refractivity contribution < 1.29 is 4.55 Å². The molecule has 0 aromatic carbocycles. The number of hydrogen-bond donors (Lipinski definition) is 0. The average Bonchev–Trinajstić information content (AvgIpc) is 2.96. The molecule has 0 radical (unpaired) electrons. The summed E-state index contributed by atoms with van der Waals surface area (Å²) in [6.07, 6.45) is 5.70. The number of rotatable bonds is 6. The molecule has 1 aromatic heterocycles. The molecule has 5 nitrogen and oxygen atoms in total. The average molecular weight is 314 g/mol. The minimum absolute atomic E-state index is 0.631. The maximum Gasteiger partial charge on any atom is 0.237 e. The Morgan fingerprint density at radius 1 is 1.40 bits per heavy atom. The molecular formula is C13H22N4OS2. The van der Waals surface area contributed by atoms with Crippen LogP contribution < -0.4 is 4.90 Å². The first-order valence-corrected chi connectivity index (χ1v) is 9.28. The fraction of sp³-hybridized carbons (Fsp3) is 0.769. The van der Waals surface area contributed by atoms with E-state index in [4.69, 9.17) is 0 Å². The predicted molar refractivity (Wildman–Crippen MR) is 86.1 cm³/mol. The molecule has 0 N–H and O–H groups in total. The molecule has 0 aliphatic carbocycles. The number of piperidine rings is 1. The second-order valence-corrected chi connectivity index (χ2v) is 6.99. The molecule has 1 aromatic rings. The van der Waals surface area contributed by atoms with Gasteiger partial charge in [0.2, 0.25) is 5.95 Å². The molecule has 1 aliphatic heterocycles. The van der Waals surface area contributed by atoms with Gasteiger partial charge in [-0.1, -0.05) is 17.7 Å². The van der Waals surface area contributed by atoms with E-state index in [1.807, 2.05) is 6.92 Å². The molecule has 0 amide bonds. The van der Waals surface area contributed by atoms with Gasteiger partial charge in [-0.15, -0.1) is 0 Å². The van der Waals surface area contributed by atoms with Crippen LogP contribution in [-0.4, -0.2) is 38.5 Å². The fourth-order valence-electron chi connectivity index (χ4n) is 2.09. The molecule has 0 spiro atoms. The largest absolute Gasteiger partial charge is 0.591 e. The Morgan fingerprint density at radius 3 is 2.85 bits per heavy atom. The molecule has 1 aliphatic rings. The van der Waals surface area contributed by atoms with Crippen molar-refractivity contribution >= 4 is 34.6 Å². The Balaban J connectivity index is 1.98. The minimum atomic E-state index is -1.13. The van der Waals surface area contributed by atoms with Crippen molar-refractivity contribution in [3.05, 3.63) is 5.01 Å². The van der Waals surface area contributed by atoms with Gasteiger partial charge in [0.15, 0.2) is 5.01 Å². The second kappa shape index (κ2) is 7.95. The molecule has 1 fully saturated rings. The lowest BCUT2D eigenvalue weighted by atomic mass is 10.1. The van der Waals surface area contributed by atoms with E-state index in [0.29, 0.717) is 5.75 Å². The molecule has 2 heterocycles. The van der Waals surface area contributed by atoms with Gasteiger partial charge >= 0.3 is 0 Å². The van der Waals surface area contributed by atoms with Crippen LogP contribution in [0.2, 0.25) is 0 Å². The molecule has 1 saturated heterocycles. The summed E-state index contributed by atoms with van der Waals surface area (Å²) < 4.78 is 20.4. The minimum Gasteiger partial charge on any atom is -0.591 e. The van der Waals surface area contributed by atoms with Crippen molar-refractivity contribution in [2.24, 2.45) is 4.40 Å². The van der Waals surface area contributed by atoms with E-state index in [2.05, 4.69) is 25.6 Å². The zero-order valence-electron chi connectivity index (χ0n) is 12.2. The van der Waals surface area contributed by atoms with E-state index < -0.39 is 11.4 Å². The number of unbranched alkanes of at least 4 members (excludes halogenated alkanes) is 1. The van der Waals surface area contributed by atoms with E-state index in [1.165, 1.54) is 30.8 Å². The zero-order valence-corrected chi connectivity index (χ0v) is 13.8. The second-order valence-electron chi connectivity index (χ2n) is 5.00. The fourth-order valence-corrected chi connectivity index (χ4v) is 3.79. The summed E-state index contributed by atoms with van der Waals surface area (Å²) in [5, 5.41) is 0.787. The van der Waals surface area contributed by atoms with E-state index in [-0.39, 0.29) is 0 Å². The lowest BCUT2D eigenvalue weighted by Gasteiger charge is -2.24. The van der Waals surface area contributed by atoms with E-state index in [1.54, 1.807) is 0 Å². The SMILES string of the molecule is CCCC[S+]([O-])N=C(C)c1nc(N2CCCCC2)ns1. The highest BCUT2D eigenvalue weighted by molar-refractivity contribution is 7.90. The first-order chi connectivity index (χ1) is 9.70. The van der Waals surface area contributed by atoms with Crippen LogP contribution in [0, 0.1) is 0 Å². The molecule has 0 saturated carbocycles. The van der Waals surface area contributed by atoms with Crippen LogP contribution in [-0.2, 0) is 11.4 Å². The summed E-state index contributed by atoms with van der Waals surface area (Å²) >= 11 is 0.216. The summed E-state index contributed by atoms with van der Waals surface area (Å²) in [7, 11) is 0. The first-order valence-electron chi connectivity index (χ1n) is 7.23. The topological polar surface area (TPSA) is 64.4 Å². The number of hydrogen-bond acceptors (Lipinski definition) is 6. The molecule has 2 rings (SSSR count). The predicted octanol–water partition coefficient (Wildman–Crippen LogP) is 2.80. The summed E-state index contributed by atoms with van der Waals surface area (Å²) in [6, 6.07) is 0. The van der Waals surface area contributed by atoms with Gasteiger partial charge in [-0.2, -0.15) is 9.36 Å². The normalized spacial score (nSPS) is 18.4. The Morgan fingerprint density at radius 2 is 2.15 bits per heavy atom. The van der Waals surface area contributed by atoms with E-state index >= 15 is 0 Å². The molecule has 20 heavy (non-hydrogen) atoms. The van der Waals surface area contributed by atoms with Crippen LogP contribution in [0.4, 0.5) is 5.95 Å². The van der Waals surface area contributed by atoms with Gasteiger partial charge in [-0.05, 0) is 44.1 Å². The zero-order chi connectivity index (χ0) is 14.4. The molecule has 1 atom stereocenters.